The average Bonchev–Trinajstić information content (AvgIpc) is 1.94. The summed E-state index contributed by atoms with van der Waals surface area (Å²) in [4.78, 5) is -1.20. The van der Waals surface area contributed by atoms with E-state index >= 15 is 0 Å². The van der Waals surface area contributed by atoms with Crippen LogP contribution in [-0.4, -0.2) is 8.42 Å². The number of hydrogen-bond acceptors (Lipinski definition) is 2. The summed E-state index contributed by atoms with van der Waals surface area (Å²) >= 11 is 0. The first kappa shape index (κ1) is 10.3. The van der Waals surface area contributed by atoms with Gasteiger partial charge in [0.15, 0.2) is 11.6 Å². The first-order valence-electron chi connectivity index (χ1n) is 2.91. The average molecular weight is 231 g/mol. The quantitative estimate of drug-likeness (QED) is 0.547. The Labute approximate surface area is 76.4 Å². The van der Waals surface area contributed by atoms with E-state index < -0.39 is 31.4 Å². The summed E-state index contributed by atoms with van der Waals surface area (Å²) in [5.74, 6) is -4.49. The molecule has 7 heteroatoms. The SMILES string of the molecule is O=S(=O)(Cl)c1cc(F)cc(F)c1F. The topological polar surface area (TPSA) is 34.1 Å². The lowest BCUT2D eigenvalue weighted by Gasteiger charge is -1.99. The van der Waals surface area contributed by atoms with Crippen LogP contribution in [0, 0.1) is 17.5 Å². The van der Waals surface area contributed by atoms with Crippen molar-refractivity contribution in [2.24, 2.45) is 0 Å². The predicted octanol–water partition coefficient (Wildman–Crippen LogP) is 2.03. The van der Waals surface area contributed by atoms with Crippen molar-refractivity contribution in [3.05, 3.63) is 29.6 Å². The molecular weight excluding hydrogens is 229 g/mol. The van der Waals surface area contributed by atoms with Crippen molar-refractivity contribution >= 4 is 19.7 Å². The van der Waals surface area contributed by atoms with Gasteiger partial charge in [0.2, 0.25) is 0 Å². The Bertz CT molecular complexity index is 443. The van der Waals surface area contributed by atoms with E-state index in [9.17, 15) is 21.6 Å². The molecule has 0 bridgehead atoms. The van der Waals surface area contributed by atoms with Crippen molar-refractivity contribution in [3.8, 4) is 0 Å². The van der Waals surface area contributed by atoms with E-state index in [4.69, 9.17) is 10.7 Å². The zero-order valence-corrected chi connectivity index (χ0v) is 7.46. The van der Waals surface area contributed by atoms with Crippen molar-refractivity contribution in [1.29, 1.82) is 0 Å². The third-order valence-corrected chi connectivity index (χ3v) is 2.54. The minimum absolute atomic E-state index is 0.223. The summed E-state index contributed by atoms with van der Waals surface area (Å²) in [6.45, 7) is 0. The molecule has 0 aliphatic rings. The number of rotatable bonds is 1. The maximum absolute atomic E-state index is 12.7. The van der Waals surface area contributed by atoms with Crippen molar-refractivity contribution in [2.75, 3.05) is 0 Å². The second kappa shape index (κ2) is 3.19. The van der Waals surface area contributed by atoms with E-state index in [1.54, 1.807) is 0 Å². The van der Waals surface area contributed by atoms with Crippen molar-refractivity contribution in [2.45, 2.75) is 4.90 Å². The minimum Gasteiger partial charge on any atom is -0.207 e. The molecule has 2 nitrogen and oxygen atoms in total. The molecule has 0 N–H and O–H groups in total. The fraction of sp³-hybridized carbons (Fsp3) is 0. The van der Waals surface area contributed by atoms with E-state index in [1.807, 2.05) is 0 Å². The Morgan fingerprint density at radius 3 is 2.15 bits per heavy atom. The van der Waals surface area contributed by atoms with Crippen molar-refractivity contribution in [3.63, 3.8) is 0 Å². The third kappa shape index (κ3) is 2.13. The molecular formula is C6H2ClF3O2S. The molecule has 0 aliphatic heterocycles. The first-order valence-corrected chi connectivity index (χ1v) is 5.22. The zero-order chi connectivity index (χ0) is 10.2. The van der Waals surface area contributed by atoms with E-state index in [2.05, 4.69) is 0 Å². The van der Waals surface area contributed by atoms with Crippen LogP contribution >= 0.6 is 10.7 Å². The Morgan fingerprint density at radius 1 is 1.15 bits per heavy atom. The highest BCUT2D eigenvalue weighted by atomic mass is 35.7. The van der Waals surface area contributed by atoms with E-state index in [1.165, 1.54) is 0 Å². The van der Waals surface area contributed by atoms with Gasteiger partial charge < -0.3 is 0 Å². The van der Waals surface area contributed by atoms with Crippen LogP contribution in [0.1, 0.15) is 0 Å². The molecule has 0 saturated heterocycles. The lowest BCUT2D eigenvalue weighted by molar-refractivity contribution is 0.472. The lowest BCUT2D eigenvalue weighted by atomic mass is 10.3. The van der Waals surface area contributed by atoms with Gasteiger partial charge in [-0.2, -0.15) is 0 Å². The van der Waals surface area contributed by atoms with Gasteiger partial charge in [0, 0.05) is 16.7 Å². The maximum atomic E-state index is 12.7. The van der Waals surface area contributed by atoms with E-state index in [0.29, 0.717) is 6.07 Å². The van der Waals surface area contributed by atoms with Crippen LogP contribution in [0.3, 0.4) is 0 Å². The largest absolute Gasteiger partial charge is 0.264 e. The normalized spacial score (nSPS) is 11.7. The van der Waals surface area contributed by atoms with Gasteiger partial charge in [-0.3, -0.25) is 0 Å². The maximum Gasteiger partial charge on any atom is 0.264 e. The van der Waals surface area contributed by atoms with E-state index in [0.717, 1.165) is 0 Å². The van der Waals surface area contributed by atoms with Crippen LogP contribution in [0.25, 0.3) is 0 Å². The summed E-state index contributed by atoms with van der Waals surface area (Å²) in [6, 6.07) is 0.529. The van der Waals surface area contributed by atoms with Crippen LogP contribution in [-0.2, 0) is 9.05 Å². The fourth-order valence-corrected chi connectivity index (χ4v) is 1.61. The molecule has 0 amide bonds. The molecule has 0 spiro atoms. The Morgan fingerprint density at radius 2 is 1.69 bits per heavy atom. The standard InChI is InChI=1S/C6H2ClF3O2S/c7-13(11,12)5-2-3(8)1-4(9)6(5)10/h1-2H. The van der Waals surface area contributed by atoms with Gasteiger partial charge in [-0.1, -0.05) is 0 Å². The van der Waals surface area contributed by atoms with Crippen molar-refractivity contribution in [1.82, 2.24) is 0 Å². The molecule has 13 heavy (non-hydrogen) atoms. The number of benzene rings is 1. The second-order valence-corrected chi connectivity index (χ2v) is 4.67. The summed E-state index contributed by atoms with van der Waals surface area (Å²) in [5.41, 5.74) is 0. The monoisotopic (exact) mass is 230 g/mol. The smallest absolute Gasteiger partial charge is 0.207 e. The van der Waals surface area contributed by atoms with Crippen LogP contribution in [0.4, 0.5) is 13.2 Å². The second-order valence-electron chi connectivity index (χ2n) is 2.14. The van der Waals surface area contributed by atoms with Gasteiger partial charge in [-0.05, 0) is 6.07 Å². The van der Waals surface area contributed by atoms with Crippen LogP contribution in [0.2, 0.25) is 0 Å². The van der Waals surface area contributed by atoms with Gasteiger partial charge in [-0.25, -0.2) is 21.6 Å². The molecule has 0 unspecified atom stereocenters. The highest BCUT2D eigenvalue weighted by molar-refractivity contribution is 8.13. The number of halogens is 4. The Kier molecular flexibility index (Phi) is 2.53. The van der Waals surface area contributed by atoms with Crippen LogP contribution < -0.4 is 0 Å². The van der Waals surface area contributed by atoms with Gasteiger partial charge in [0.05, 0.1) is 0 Å². The molecule has 72 valence electrons. The Balaban J connectivity index is 3.56. The summed E-state index contributed by atoms with van der Waals surface area (Å²) in [6.07, 6.45) is 0. The molecule has 0 atom stereocenters. The highest BCUT2D eigenvalue weighted by Crippen LogP contribution is 2.22. The molecule has 0 aliphatic carbocycles. The molecule has 0 radical (unpaired) electrons. The summed E-state index contributed by atoms with van der Waals surface area (Å²) in [7, 11) is 0.245. The molecule has 1 aromatic carbocycles. The predicted molar refractivity (Wildman–Crippen MR) is 39.4 cm³/mol. The van der Waals surface area contributed by atoms with Gasteiger partial charge >= 0.3 is 0 Å². The first-order chi connectivity index (χ1) is 5.82. The summed E-state index contributed by atoms with van der Waals surface area (Å²) < 4.78 is 58.6. The zero-order valence-electron chi connectivity index (χ0n) is 5.89. The Hall–Kier alpha value is -0.750. The highest BCUT2D eigenvalue weighted by Gasteiger charge is 2.20. The molecule has 0 aromatic heterocycles. The van der Waals surface area contributed by atoms with Crippen LogP contribution in [0.15, 0.2) is 17.0 Å². The van der Waals surface area contributed by atoms with Gasteiger partial charge in [0.1, 0.15) is 10.7 Å². The minimum atomic E-state index is -4.46. The molecule has 0 saturated carbocycles. The van der Waals surface area contributed by atoms with Gasteiger partial charge in [0.25, 0.3) is 9.05 Å². The molecule has 0 heterocycles. The number of hydrogen-bond donors (Lipinski definition) is 0. The van der Waals surface area contributed by atoms with E-state index in [-0.39, 0.29) is 6.07 Å². The van der Waals surface area contributed by atoms with Crippen molar-refractivity contribution < 1.29 is 21.6 Å². The lowest BCUT2D eigenvalue weighted by Crippen LogP contribution is -1.99. The molecule has 1 aromatic rings. The third-order valence-electron chi connectivity index (χ3n) is 1.22. The fourth-order valence-electron chi connectivity index (χ4n) is 0.710. The van der Waals surface area contributed by atoms with Gasteiger partial charge in [-0.15, -0.1) is 0 Å². The molecule has 0 fully saturated rings. The van der Waals surface area contributed by atoms with Crippen LogP contribution in [0.5, 0.6) is 0 Å². The molecule has 1 rings (SSSR count). The summed E-state index contributed by atoms with van der Waals surface area (Å²) in [5, 5.41) is 0.